The van der Waals surface area contributed by atoms with E-state index in [1.54, 1.807) is 0 Å². The summed E-state index contributed by atoms with van der Waals surface area (Å²) in [5.74, 6) is 0. The maximum absolute atomic E-state index is 6.15. The fraction of sp³-hybridized carbons (Fsp3) is 0.0980. The molecule has 0 bridgehead atoms. The van der Waals surface area contributed by atoms with E-state index < -0.39 is 0 Å². The van der Waals surface area contributed by atoms with Gasteiger partial charge in [0.2, 0.25) is 0 Å². The summed E-state index contributed by atoms with van der Waals surface area (Å²) >= 11 is 0. The Morgan fingerprint density at radius 1 is 0.426 bits per heavy atom. The maximum Gasteiger partial charge on any atom is 0.135 e. The number of benzene rings is 8. The molecule has 2 heterocycles. The lowest BCUT2D eigenvalue weighted by molar-refractivity contribution is 0.660. The van der Waals surface area contributed by atoms with Crippen molar-refractivity contribution in [2.75, 3.05) is 9.80 Å². The second-order valence-corrected chi connectivity index (χ2v) is 15.6. The number of aryl methyl sites for hydroxylation is 2. The fourth-order valence-electron chi connectivity index (χ4n) is 9.15. The molecule has 0 saturated carbocycles. The van der Waals surface area contributed by atoms with Gasteiger partial charge in [0.15, 0.2) is 0 Å². The fourth-order valence-corrected chi connectivity index (χ4v) is 9.15. The number of rotatable bonds is 3. The van der Waals surface area contributed by atoms with Crippen molar-refractivity contribution in [3.05, 3.63) is 180 Å². The van der Waals surface area contributed by atoms with E-state index >= 15 is 0 Å². The molecule has 258 valence electrons. The summed E-state index contributed by atoms with van der Waals surface area (Å²) in [6.45, 7) is 9.14. The molecule has 1 aliphatic carbocycles. The van der Waals surface area contributed by atoms with Gasteiger partial charge in [-0.3, -0.25) is 0 Å². The van der Waals surface area contributed by atoms with Gasteiger partial charge in [0, 0.05) is 27.3 Å². The molecule has 0 atom stereocenters. The lowest BCUT2D eigenvalue weighted by atomic mass is 9.81. The van der Waals surface area contributed by atoms with Crippen molar-refractivity contribution >= 4 is 66.8 Å². The molecule has 0 spiro atoms. The minimum Gasteiger partial charge on any atom is -0.456 e. The zero-order valence-corrected chi connectivity index (χ0v) is 30.8. The average molecular weight is 695 g/mol. The standard InChI is InChI=1S/C51H38N2O/c1-31-16-23-45-47(26-31)53(44-14-9-11-33-10-5-6-12-37(33)44)48-27-32(2)17-24-46(48)52(45)36-20-22-39-38-21-18-35(29-42(38)51(3,4)43(39)30-36)34-19-25-50-41(28-34)40-13-7-8-15-49(40)54-50/h5-30H,1-4H3. The Kier molecular flexibility index (Phi) is 6.43. The van der Waals surface area contributed by atoms with Crippen LogP contribution in [0.1, 0.15) is 36.1 Å². The summed E-state index contributed by atoms with van der Waals surface area (Å²) < 4.78 is 6.15. The molecular weight excluding hydrogens is 657 g/mol. The SMILES string of the molecule is Cc1ccc2c(c1)N(c1cccc3ccccc13)c1cc(C)ccc1N2c1ccc2c(c1)C(C)(C)c1cc(-c3ccc4oc5ccccc5c4c3)ccc1-2. The van der Waals surface area contributed by atoms with Crippen molar-refractivity contribution in [2.24, 2.45) is 0 Å². The molecule has 8 aromatic carbocycles. The molecule has 1 aromatic heterocycles. The van der Waals surface area contributed by atoms with Crippen molar-refractivity contribution in [1.29, 1.82) is 0 Å². The molecule has 1 aliphatic heterocycles. The van der Waals surface area contributed by atoms with Crippen molar-refractivity contribution in [3.63, 3.8) is 0 Å². The second kappa shape index (κ2) is 11.2. The number of para-hydroxylation sites is 1. The van der Waals surface area contributed by atoms with E-state index in [0.29, 0.717) is 0 Å². The third kappa shape index (κ3) is 4.42. The summed E-state index contributed by atoms with van der Waals surface area (Å²) in [5.41, 5.74) is 18.9. The van der Waals surface area contributed by atoms with Crippen LogP contribution in [0.3, 0.4) is 0 Å². The minimum atomic E-state index is -0.194. The van der Waals surface area contributed by atoms with Crippen molar-refractivity contribution in [1.82, 2.24) is 0 Å². The van der Waals surface area contributed by atoms with Crippen LogP contribution in [-0.2, 0) is 5.41 Å². The number of nitrogens with zero attached hydrogens (tertiary/aromatic N) is 2. The van der Waals surface area contributed by atoms with Gasteiger partial charge in [-0.05, 0) is 130 Å². The Morgan fingerprint density at radius 3 is 1.81 bits per heavy atom. The first-order valence-corrected chi connectivity index (χ1v) is 18.8. The summed E-state index contributed by atoms with van der Waals surface area (Å²) in [6, 6.07) is 58.1. The topological polar surface area (TPSA) is 19.6 Å². The highest BCUT2D eigenvalue weighted by Crippen LogP contribution is 2.57. The molecule has 0 saturated heterocycles. The van der Waals surface area contributed by atoms with Crippen LogP contribution in [0.15, 0.2) is 162 Å². The lowest BCUT2D eigenvalue weighted by Crippen LogP contribution is -2.25. The molecule has 3 nitrogen and oxygen atoms in total. The van der Waals surface area contributed by atoms with E-state index in [4.69, 9.17) is 4.42 Å². The van der Waals surface area contributed by atoms with Gasteiger partial charge < -0.3 is 14.2 Å². The van der Waals surface area contributed by atoms with Crippen molar-refractivity contribution in [3.8, 4) is 22.3 Å². The monoisotopic (exact) mass is 694 g/mol. The third-order valence-electron chi connectivity index (χ3n) is 11.9. The zero-order chi connectivity index (χ0) is 36.3. The predicted molar refractivity (Wildman–Crippen MR) is 227 cm³/mol. The second-order valence-electron chi connectivity index (χ2n) is 15.6. The number of furan rings is 1. The molecule has 0 N–H and O–H groups in total. The molecule has 3 heteroatoms. The Labute approximate surface area is 315 Å². The molecule has 54 heavy (non-hydrogen) atoms. The number of fused-ring (bicyclic) bond motifs is 9. The van der Waals surface area contributed by atoms with E-state index in [1.807, 2.05) is 12.1 Å². The quantitative estimate of drug-likeness (QED) is 0.184. The number of hydrogen-bond acceptors (Lipinski definition) is 3. The van der Waals surface area contributed by atoms with E-state index in [1.165, 1.54) is 89.4 Å². The van der Waals surface area contributed by atoms with Crippen LogP contribution in [0.25, 0.3) is 55.0 Å². The number of hydrogen-bond donors (Lipinski definition) is 0. The molecule has 0 fully saturated rings. The Bertz CT molecular complexity index is 2960. The van der Waals surface area contributed by atoms with Gasteiger partial charge in [0.05, 0.1) is 28.4 Å². The van der Waals surface area contributed by atoms with Gasteiger partial charge in [-0.15, -0.1) is 0 Å². The molecule has 0 amide bonds. The van der Waals surface area contributed by atoms with Gasteiger partial charge in [0.25, 0.3) is 0 Å². The highest BCUT2D eigenvalue weighted by molar-refractivity contribution is 6.08. The van der Waals surface area contributed by atoms with Crippen LogP contribution in [0.2, 0.25) is 0 Å². The third-order valence-corrected chi connectivity index (χ3v) is 11.9. The normalized spacial score (nSPS) is 14.0. The average Bonchev–Trinajstić information content (AvgIpc) is 3.67. The predicted octanol–water partition coefficient (Wildman–Crippen LogP) is 14.6. The number of anilines is 6. The molecule has 0 unspecified atom stereocenters. The van der Waals surface area contributed by atoms with Gasteiger partial charge >= 0.3 is 0 Å². The Morgan fingerprint density at radius 2 is 1.04 bits per heavy atom. The van der Waals surface area contributed by atoms with Gasteiger partial charge in [-0.25, -0.2) is 0 Å². The smallest absolute Gasteiger partial charge is 0.135 e. The van der Waals surface area contributed by atoms with Crippen molar-refractivity contribution < 1.29 is 4.42 Å². The van der Waals surface area contributed by atoms with E-state index in [9.17, 15) is 0 Å². The van der Waals surface area contributed by atoms with Crippen LogP contribution < -0.4 is 9.80 Å². The summed E-state index contributed by atoms with van der Waals surface area (Å²) in [7, 11) is 0. The molecule has 0 radical (unpaired) electrons. The first-order valence-electron chi connectivity index (χ1n) is 18.8. The Balaban J connectivity index is 1.04. The lowest BCUT2D eigenvalue weighted by Gasteiger charge is -2.41. The maximum atomic E-state index is 6.15. The van der Waals surface area contributed by atoms with Gasteiger partial charge in [-0.1, -0.05) is 105 Å². The van der Waals surface area contributed by atoms with Crippen LogP contribution in [0.5, 0.6) is 0 Å². The molecule has 11 rings (SSSR count). The molecular formula is C51H38N2O. The first kappa shape index (κ1) is 31.0. The largest absolute Gasteiger partial charge is 0.456 e. The van der Waals surface area contributed by atoms with E-state index in [0.717, 1.165) is 21.9 Å². The highest BCUT2D eigenvalue weighted by Gasteiger charge is 2.38. The van der Waals surface area contributed by atoms with Crippen LogP contribution in [0.4, 0.5) is 34.1 Å². The van der Waals surface area contributed by atoms with Crippen LogP contribution in [0, 0.1) is 13.8 Å². The highest BCUT2D eigenvalue weighted by atomic mass is 16.3. The van der Waals surface area contributed by atoms with Gasteiger partial charge in [0.1, 0.15) is 11.2 Å². The minimum absolute atomic E-state index is 0.194. The van der Waals surface area contributed by atoms with E-state index in [2.05, 4.69) is 183 Å². The van der Waals surface area contributed by atoms with Gasteiger partial charge in [-0.2, -0.15) is 0 Å². The zero-order valence-electron chi connectivity index (χ0n) is 30.8. The van der Waals surface area contributed by atoms with Crippen molar-refractivity contribution in [2.45, 2.75) is 33.1 Å². The van der Waals surface area contributed by atoms with E-state index in [-0.39, 0.29) is 5.41 Å². The Hall–Kier alpha value is -6.58. The molecule has 9 aromatic rings. The molecule has 2 aliphatic rings. The summed E-state index contributed by atoms with van der Waals surface area (Å²) in [6.07, 6.45) is 0. The summed E-state index contributed by atoms with van der Waals surface area (Å²) in [4.78, 5) is 4.95. The van der Waals surface area contributed by atoms with Crippen LogP contribution in [-0.4, -0.2) is 0 Å². The summed E-state index contributed by atoms with van der Waals surface area (Å²) in [5, 5.41) is 4.78. The van der Waals surface area contributed by atoms with Crippen LogP contribution >= 0.6 is 0 Å². The first-order chi connectivity index (χ1) is 26.3.